The Labute approximate surface area is 125 Å². The molecule has 114 valence electrons. The van der Waals surface area contributed by atoms with E-state index in [1.807, 2.05) is 26.8 Å². The summed E-state index contributed by atoms with van der Waals surface area (Å²) < 4.78 is 9.81. The quantitative estimate of drug-likeness (QED) is 0.589. The van der Waals surface area contributed by atoms with Crippen LogP contribution in [0.5, 0.6) is 0 Å². The van der Waals surface area contributed by atoms with Gasteiger partial charge in [0.1, 0.15) is 12.1 Å². The van der Waals surface area contributed by atoms with Gasteiger partial charge in [-0.3, -0.25) is 9.79 Å². The van der Waals surface area contributed by atoms with E-state index in [2.05, 4.69) is 9.73 Å². The van der Waals surface area contributed by atoms with Gasteiger partial charge in [0.25, 0.3) is 0 Å². The number of ether oxygens (including phenoxy) is 2. The van der Waals surface area contributed by atoms with E-state index in [-0.39, 0.29) is 18.5 Å². The molecule has 0 fully saturated rings. The predicted molar refractivity (Wildman–Crippen MR) is 81.1 cm³/mol. The molecule has 0 aromatic rings. The summed E-state index contributed by atoms with van der Waals surface area (Å²) in [5.74, 6) is -0.747. The number of hydrogen-bond acceptors (Lipinski definition) is 5. The van der Waals surface area contributed by atoms with Gasteiger partial charge in [-0.15, -0.1) is 0 Å². The molecule has 1 aliphatic carbocycles. The topological polar surface area (TPSA) is 65.0 Å². The first-order chi connectivity index (χ1) is 9.81. The molecule has 1 rings (SSSR count). The Morgan fingerprint density at radius 1 is 1.33 bits per heavy atom. The molecule has 21 heavy (non-hydrogen) atoms. The highest BCUT2D eigenvalue weighted by molar-refractivity contribution is 5.93. The van der Waals surface area contributed by atoms with Crippen molar-refractivity contribution in [1.82, 2.24) is 0 Å². The molecule has 0 atom stereocenters. The molecule has 0 aromatic carbocycles. The van der Waals surface area contributed by atoms with Gasteiger partial charge in [-0.25, -0.2) is 4.79 Å². The highest BCUT2D eigenvalue weighted by Gasteiger charge is 2.15. The van der Waals surface area contributed by atoms with Gasteiger partial charge in [0.05, 0.1) is 12.7 Å². The molecule has 0 saturated carbocycles. The first kappa shape index (κ1) is 16.9. The minimum atomic E-state index is -0.505. The number of carbonyl (C=O) groups is 2. The first-order valence-corrected chi connectivity index (χ1v) is 6.69. The zero-order chi connectivity index (χ0) is 15.9. The average Bonchev–Trinajstić information content (AvgIpc) is 2.61. The van der Waals surface area contributed by atoms with Crippen LogP contribution in [0.4, 0.5) is 0 Å². The minimum absolute atomic E-state index is 0.0219. The van der Waals surface area contributed by atoms with E-state index in [1.165, 1.54) is 7.11 Å². The average molecular weight is 291 g/mol. The fraction of sp³-hybridized carbons (Fsp3) is 0.438. The SMILES string of the molecule is COC(=O)C1=CC=C(C=NCC(=O)OC(C)(C)C)CC=C1. The van der Waals surface area contributed by atoms with Crippen LogP contribution in [-0.2, 0) is 19.1 Å². The van der Waals surface area contributed by atoms with Crippen LogP contribution < -0.4 is 0 Å². The van der Waals surface area contributed by atoms with Crippen molar-refractivity contribution in [3.8, 4) is 0 Å². The van der Waals surface area contributed by atoms with Crippen molar-refractivity contribution in [3.63, 3.8) is 0 Å². The van der Waals surface area contributed by atoms with Gasteiger partial charge in [-0.1, -0.05) is 18.2 Å². The number of carbonyl (C=O) groups excluding carboxylic acids is 2. The number of hydrogen-bond donors (Lipinski definition) is 0. The van der Waals surface area contributed by atoms with E-state index in [4.69, 9.17) is 4.74 Å². The maximum Gasteiger partial charge on any atom is 0.337 e. The van der Waals surface area contributed by atoms with Gasteiger partial charge in [-0.2, -0.15) is 0 Å². The summed E-state index contributed by atoms with van der Waals surface area (Å²) >= 11 is 0. The summed E-state index contributed by atoms with van der Waals surface area (Å²) in [5, 5.41) is 0. The molecule has 0 aliphatic heterocycles. The van der Waals surface area contributed by atoms with Crippen LogP contribution in [-0.4, -0.2) is 37.4 Å². The molecule has 0 heterocycles. The predicted octanol–water partition coefficient (Wildman–Crippen LogP) is 2.38. The number of nitrogens with zero attached hydrogens (tertiary/aromatic N) is 1. The zero-order valence-electron chi connectivity index (χ0n) is 12.9. The van der Waals surface area contributed by atoms with Crippen molar-refractivity contribution in [2.75, 3.05) is 13.7 Å². The molecule has 0 amide bonds. The summed E-state index contributed by atoms with van der Waals surface area (Å²) in [5.41, 5.74) is 0.872. The number of aliphatic imine (C=N–C) groups is 1. The number of methoxy groups -OCH3 is 1. The monoisotopic (exact) mass is 291 g/mol. The second-order valence-corrected chi connectivity index (χ2v) is 5.52. The van der Waals surface area contributed by atoms with Crippen LogP contribution in [0.1, 0.15) is 27.2 Å². The number of allylic oxidation sites excluding steroid dienone is 4. The molecule has 0 spiro atoms. The van der Waals surface area contributed by atoms with Gasteiger partial charge < -0.3 is 9.47 Å². The Hall–Kier alpha value is -2.17. The second kappa shape index (κ2) is 7.57. The first-order valence-electron chi connectivity index (χ1n) is 6.69. The van der Waals surface area contributed by atoms with Crippen LogP contribution in [0.15, 0.2) is 40.4 Å². The molecule has 0 aromatic heterocycles. The van der Waals surface area contributed by atoms with Crippen LogP contribution in [0.3, 0.4) is 0 Å². The lowest BCUT2D eigenvalue weighted by atomic mass is 10.2. The molecule has 5 heteroatoms. The molecule has 0 N–H and O–H groups in total. The molecule has 5 nitrogen and oxygen atoms in total. The van der Waals surface area contributed by atoms with E-state index in [1.54, 1.807) is 24.4 Å². The lowest BCUT2D eigenvalue weighted by Crippen LogP contribution is -2.25. The Morgan fingerprint density at radius 3 is 2.67 bits per heavy atom. The highest BCUT2D eigenvalue weighted by Crippen LogP contribution is 2.11. The van der Waals surface area contributed by atoms with Crippen molar-refractivity contribution in [2.45, 2.75) is 32.8 Å². The van der Waals surface area contributed by atoms with Crippen LogP contribution in [0.25, 0.3) is 0 Å². The van der Waals surface area contributed by atoms with Gasteiger partial charge in [0, 0.05) is 6.21 Å². The summed E-state index contributed by atoms with van der Waals surface area (Å²) in [7, 11) is 1.34. The van der Waals surface area contributed by atoms with Crippen LogP contribution in [0.2, 0.25) is 0 Å². The van der Waals surface area contributed by atoms with E-state index in [9.17, 15) is 9.59 Å². The second-order valence-electron chi connectivity index (χ2n) is 5.52. The Bertz CT molecular complexity index is 519. The lowest BCUT2D eigenvalue weighted by Gasteiger charge is -2.18. The third-order valence-corrected chi connectivity index (χ3v) is 2.45. The molecular weight excluding hydrogens is 270 g/mol. The minimum Gasteiger partial charge on any atom is -0.465 e. The fourth-order valence-corrected chi connectivity index (χ4v) is 1.60. The number of rotatable bonds is 4. The van der Waals surface area contributed by atoms with E-state index in [0.717, 1.165) is 5.57 Å². The Balaban J connectivity index is 2.59. The lowest BCUT2D eigenvalue weighted by molar-refractivity contribution is -0.152. The molecule has 0 saturated heterocycles. The largest absolute Gasteiger partial charge is 0.465 e. The third kappa shape index (κ3) is 6.70. The summed E-state index contributed by atoms with van der Waals surface area (Å²) in [4.78, 5) is 27.0. The maximum atomic E-state index is 11.5. The highest BCUT2D eigenvalue weighted by atomic mass is 16.6. The Kier molecular flexibility index (Phi) is 6.09. The molecule has 1 aliphatic rings. The van der Waals surface area contributed by atoms with Crippen LogP contribution in [0, 0.1) is 0 Å². The molecule has 0 radical (unpaired) electrons. The number of esters is 2. The van der Waals surface area contributed by atoms with Crippen molar-refractivity contribution in [3.05, 3.63) is 35.5 Å². The van der Waals surface area contributed by atoms with Gasteiger partial charge >= 0.3 is 11.9 Å². The standard InChI is InChI=1S/C16H21NO4/c1-16(2,3)21-14(18)11-17-10-12-6-5-7-13(9-8-12)15(19)20-4/h5,7-10H,6,11H2,1-4H3. The van der Waals surface area contributed by atoms with Gasteiger partial charge in [0.2, 0.25) is 0 Å². The van der Waals surface area contributed by atoms with E-state index < -0.39 is 5.60 Å². The van der Waals surface area contributed by atoms with Crippen molar-refractivity contribution < 1.29 is 19.1 Å². The molecule has 0 bridgehead atoms. The summed E-state index contributed by atoms with van der Waals surface area (Å²) in [6.45, 7) is 5.41. The van der Waals surface area contributed by atoms with Crippen LogP contribution >= 0.6 is 0 Å². The third-order valence-electron chi connectivity index (χ3n) is 2.45. The van der Waals surface area contributed by atoms with Crippen molar-refractivity contribution >= 4 is 18.2 Å². The van der Waals surface area contributed by atoms with E-state index >= 15 is 0 Å². The smallest absolute Gasteiger partial charge is 0.337 e. The fourth-order valence-electron chi connectivity index (χ4n) is 1.60. The molecule has 0 unspecified atom stereocenters. The Morgan fingerprint density at radius 2 is 2.05 bits per heavy atom. The van der Waals surface area contributed by atoms with Crippen molar-refractivity contribution in [1.29, 1.82) is 0 Å². The zero-order valence-corrected chi connectivity index (χ0v) is 12.9. The normalized spacial score (nSPS) is 15.2. The summed E-state index contributed by atoms with van der Waals surface area (Å²) in [6.07, 6.45) is 9.26. The van der Waals surface area contributed by atoms with Gasteiger partial charge in [0.15, 0.2) is 0 Å². The maximum absolute atomic E-state index is 11.5. The molecular formula is C16H21NO4. The van der Waals surface area contributed by atoms with Crippen molar-refractivity contribution in [2.24, 2.45) is 4.99 Å². The van der Waals surface area contributed by atoms with E-state index in [0.29, 0.717) is 12.0 Å². The summed E-state index contributed by atoms with van der Waals surface area (Å²) in [6, 6.07) is 0. The van der Waals surface area contributed by atoms with Gasteiger partial charge in [-0.05, 0) is 38.8 Å².